The summed E-state index contributed by atoms with van der Waals surface area (Å²) in [5.41, 5.74) is 2.23. The Kier molecular flexibility index (Phi) is 4.23. The van der Waals surface area contributed by atoms with Gasteiger partial charge in [0, 0.05) is 20.6 Å². The first-order valence-corrected chi connectivity index (χ1v) is 8.01. The minimum Gasteiger partial charge on any atom is -0.461 e. The molecular weight excluding hydrogens is 366 g/mol. The summed E-state index contributed by atoms with van der Waals surface area (Å²) in [5, 5.41) is 1.57. The van der Waals surface area contributed by atoms with E-state index < -0.39 is 0 Å². The molecule has 1 heterocycles. The van der Waals surface area contributed by atoms with E-state index in [0.717, 1.165) is 21.1 Å². The maximum absolute atomic E-state index is 12.3. The van der Waals surface area contributed by atoms with E-state index in [9.17, 15) is 4.79 Å². The van der Waals surface area contributed by atoms with Crippen molar-refractivity contribution in [2.45, 2.75) is 6.92 Å². The molecule has 0 aliphatic heterocycles. The first-order chi connectivity index (χ1) is 10.6. The molecule has 0 amide bonds. The Bertz CT molecular complexity index is 857. The van der Waals surface area contributed by atoms with Crippen LogP contribution in [0, 0.1) is 0 Å². The minimum absolute atomic E-state index is 0.333. The zero-order valence-corrected chi connectivity index (χ0v) is 14.2. The van der Waals surface area contributed by atoms with Crippen LogP contribution >= 0.6 is 27.5 Å². The number of esters is 1. The summed E-state index contributed by atoms with van der Waals surface area (Å²) in [7, 11) is 0. The first kappa shape index (κ1) is 15.1. The molecule has 0 radical (unpaired) electrons. The van der Waals surface area contributed by atoms with Crippen LogP contribution in [0.5, 0.6) is 0 Å². The lowest BCUT2D eigenvalue weighted by atomic mass is 10.2. The Balaban J connectivity index is 2.29. The van der Waals surface area contributed by atoms with Gasteiger partial charge in [-0.15, -0.1) is 0 Å². The van der Waals surface area contributed by atoms with Gasteiger partial charge in [-0.1, -0.05) is 33.6 Å². The number of hydrogen-bond acceptors (Lipinski definition) is 2. The van der Waals surface area contributed by atoms with E-state index in [1.165, 1.54) is 0 Å². The lowest BCUT2D eigenvalue weighted by molar-refractivity contribution is 0.0517. The average molecular weight is 379 g/mol. The Morgan fingerprint density at radius 3 is 2.77 bits per heavy atom. The van der Waals surface area contributed by atoms with Crippen LogP contribution in [-0.2, 0) is 4.74 Å². The number of nitrogens with zero attached hydrogens (tertiary/aromatic N) is 1. The highest BCUT2D eigenvalue weighted by atomic mass is 79.9. The van der Waals surface area contributed by atoms with Crippen molar-refractivity contribution in [3.05, 3.63) is 63.7 Å². The predicted molar refractivity (Wildman–Crippen MR) is 91.9 cm³/mol. The van der Waals surface area contributed by atoms with Gasteiger partial charge in [0.1, 0.15) is 5.69 Å². The molecule has 1 aromatic heterocycles. The predicted octanol–water partition coefficient (Wildman–Crippen LogP) is 5.22. The fourth-order valence-corrected chi connectivity index (χ4v) is 3.00. The van der Waals surface area contributed by atoms with Crippen LogP contribution in [0.1, 0.15) is 17.4 Å². The second-order valence-corrected chi connectivity index (χ2v) is 6.12. The topological polar surface area (TPSA) is 31.2 Å². The van der Waals surface area contributed by atoms with Crippen molar-refractivity contribution in [2.75, 3.05) is 6.61 Å². The SMILES string of the molecule is CCOC(=O)c1cc2cc(Br)ccc2n1-c1cccc(Cl)c1. The highest BCUT2D eigenvalue weighted by Gasteiger charge is 2.18. The van der Waals surface area contributed by atoms with E-state index in [1.54, 1.807) is 13.0 Å². The molecule has 0 saturated heterocycles. The molecule has 5 heteroatoms. The number of carbonyl (C=O) groups is 1. The third kappa shape index (κ3) is 2.76. The number of rotatable bonds is 3. The van der Waals surface area contributed by atoms with Gasteiger partial charge in [-0.2, -0.15) is 0 Å². The summed E-state index contributed by atoms with van der Waals surface area (Å²) in [6, 6.07) is 15.1. The molecule has 0 unspecified atom stereocenters. The van der Waals surface area contributed by atoms with Crippen LogP contribution in [0.3, 0.4) is 0 Å². The summed E-state index contributed by atoms with van der Waals surface area (Å²) < 4.78 is 8.00. The Morgan fingerprint density at radius 2 is 2.05 bits per heavy atom. The van der Waals surface area contributed by atoms with Crippen LogP contribution in [0.4, 0.5) is 0 Å². The quantitative estimate of drug-likeness (QED) is 0.585. The van der Waals surface area contributed by atoms with Crippen LogP contribution in [-0.4, -0.2) is 17.1 Å². The number of carbonyl (C=O) groups excluding carboxylic acids is 1. The van der Waals surface area contributed by atoms with Gasteiger partial charge in [0.15, 0.2) is 0 Å². The van der Waals surface area contributed by atoms with E-state index >= 15 is 0 Å². The molecule has 0 spiro atoms. The largest absolute Gasteiger partial charge is 0.461 e. The third-order valence-corrected chi connectivity index (χ3v) is 4.04. The molecule has 0 saturated carbocycles. The summed E-state index contributed by atoms with van der Waals surface area (Å²) >= 11 is 9.55. The highest BCUT2D eigenvalue weighted by Crippen LogP contribution is 2.28. The van der Waals surface area contributed by atoms with E-state index in [0.29, 0.717) is 17.3 Å². The molecule has 0 N–H and O–H groups in total. The molecule has 2 aromatic carbocycles. The number of aromatic nitrogens is 1. The van der Waals surface area contributed by atoms with Gasteiger partial charge in [0.25, 0.3) is 0 Å². The maximum Gasteiger partial charge on any atom is 0.355 e. The van der Waals surface area contributed by atoms with Gasteiger partial charge >= 0.3 is 5.97 Å². The Morgan fingerprint density at radius 1 is 1.23 bits per heavy atom. The van der Waals surface area contributed by atoms with Crippen molar-refractivity contribution in [3.8, 4) is 5.69 Å². The normalized spacial score (nSPS) is 10.9. The van der Waals surface area contributed by atoms with Crippen molar-refractivity contribution in [1.29, 1.82) is 0 Å². The molecule has 0 aliphatic rings. The molecule has 3 aromatic rings. The zero-order valence-electron chi connectivity index (χ0n) is 11.8. The maximum atomic E-state index is 12.3. The average Bonchev–Trinajstić information content (AvgIpc) is 2.86. The lowest BCUT2D eigenvalue weighted by Gasteiger charge is -2.10. The molecule has 3 rings (SSSR count). The van der Waals surface area contributed by atoms with Crippen LogP contribution in [0.15, 0.2) is 53.0 Å². The zero-order chi connectivity index (χ0) is 15.7. The summed E-state index contributed by atoms with van der Waals surface area (Å²) in [6.07, 6.45) is 0. The monoisotopic (exact) mass is 377 g/mol. The van der Waals surface area contributed by atoms with Gasteiger partial charge in [-0.05, 0) is 49.4 Å². The van der Waals surface area contributed by atoms with Gasteiger partial charge in [0.2, 0.25) is 0 Å². The minimum atomic E-state index is -0.352. The highest BCUT2D eigenvalue weighted by molar-refractivity contribution is 9.10. The number of halogens is 2. The van der Waals surface area contributed by atoms with E-state index in [1.807, 2.05) is 47.0 Å². The molecule has 112 valence electrons. The number of ether oxygens (including phenoxy) is 1. The van der Waals surface area contributed by atoms with Crippen molar-refractivity contribution in [2.24, 2.45) is 0 Å². The van der Waals surface area contributed by atoms with Crippen LogP contribution < -0.4 is 0 Å². The van der Waals surface area contributed by atoms with Crippen molar-refractivity contribution in [3.63, 3.8) is 0 Å². The first-order valence-electron chi connectivity index (χ1n) is 6.84. The third-order valence-electron chi connectivity index (χ3n) is 3.31. The van der Waals surface area contributed by atoms with E-state index in [2.05, 4.69) is 15.9 Å². The second kappa shape index (κ2) is 6.15. The van der Waals surface area contributed by atoms with Crippen LogP contribution in [0.25, 0.3) is 16.6 Å². The molecule has 3 nitrogen and oxygen atoms in total. The van der Waals surface area contributed by atoms with Gasteiger partial charge in [0.05, 0.1) is 12.1 Å². The van der Waals surface area contributed by atoms with E-state index in [-0.39, 0.29) is 5.97 Å². The van der Waals surface area contributed by atoms with Gasteiger partial charge < -0.3 is 9.30 Å². The molecule has 0 fully saturated rings. The standard InChI is InChI=1S/C17H13BrClNO2/c1-2-22-17(21)16-9-11-8-12(18)6-7-15(11)20(16)14-5-3-4-13(19)10-14/h3-10H,2H2,1H3. The summed E-state index contributed by atoms with van der Waals surface area (Å²) in [5.74, 6) is -0.352. The van der Waals surface area contributed by atoms with E-state index in [4.69, 9.17) is 16.3 Å². The number of fused-ring (bicyclic) bond motifs is 1. The Labute approximate surface area is 141 Å². The molecule has 0 bridgehead atoms. The van der Waals surface area contributed by atoms with Crippen LogP contribution in [0.2, 0.25) is 5.02 Å². The van der Waals surface area contributed by atoms with Crippen molar-refractivity contribution >= 4 is 44.4 Å². The number of hydrogen-bond donors (Lipinski definition) is 0. The second-order valence-electron chi connectivity index (χ2n) is 4.77. The fourth-order valence-electron chi connectivity index (χ4n) is 2.43. The van der Waals surface area contributed by atoms with Gasteiger partial charge in [-0.3, -0.25) is 0 Å². The van der Waals surface area contributed by atoms with Crippen molar-refractivity contribution in [1.82, 2.24) is 4.57 Å². The summed E-state index contributed by atoms with van der Waals surface area (Å²) in [4.78, 5) is 12.3. The number of benzene rings is 2. The summed E-state index contributed by atoms with van der Waals surface area (Å²) in [6.45, 7) is 2.13. The van der Waals surface area contributed by atoms with Crippen molar-refractivity contribution < 1.29 is 9.53 Å². The fraction of sp³-hybridized carbons (Fsp3) is 0.118. The van der Waals surface area contributed by atoms with Gasteiger partial charge in [-0.25, -0.2) is 4.79 Å². The Hall–Kier alpha value is -1.78. The molecular formula is C17H13BrClNO2. The molecule has 0 atom stereocenters. The molecule has 22 heavy (non-hydrogen) atoms. The lowest BCUT2D eigenvalue weighted by Crippen LogP contribution is -2.10. The molecule has 0 aliphatic carbocycles. The smallest absolute Gasteiger partial charge is 0.355 e.